The summed E-state index contributed by atoms with van der Waals surface area (Å²) in [6.45, 7) is 4.82. The molecule has 0 saturated carbocycles. The average molecular weight is 395 g/mol. The van der Waals surface area contributed by atoms with E-state index in [4.69, 9.17) is 0 Å². The SMILES string of the molecule is C[Si](C)(N(c1ccccc1)c1ccccc1)N(c1ccccc1)c1ccccc1. The van der Waals surface area contributed by atoms with E-state index in [9.17, 15) is 0 Å². The van der Waals surface area contributed by atoms with Gasteiger partial charge in [-0.2, -0.15) is 0 Å². The van der Waals surface area contributed by atoms with Crippen LogP contribution >= 0.6 is 0 Å². The zero-order valence-corrected chi connectivity index (χ0v) is 17.9. The van der Waals surface area contributed by atoms with Crippen LogP contribution in [-0.4, -0.2) is 8.40 Å². The van der Waals surface area contributed by atoms with Gasteiger partial charge in [0.25, 0.3) is 8.40 Å². The van der Waals surface area contributed by atoms with Crippen LogP contribution in [0, 0.1) is 0 Å². The molecule has 0 radical (unpaired) electrons. The van der Waals surface area contributed by atoms with E-state index in [0.717, 1.165) is 0 Å². The summed E-state index contributed by atoms with van der Waals surface area (Å²) in [5, 5.41) is 0. The Kier molecular flexibility index (Phi) is 5.50. The summed E-state index contributed by atoms with van der Waals surface area (Å²) in [5.41, 5.74) is 4.86. The Morgan fingerprint density at radius 3 is 0.793 bits per heavy atom. The van der Waals surface area contributed by atoms with Crippen LogP contribution in [0.3, 0.4) is 0 Å². The number of hydrogen-bond acceptors (Lipinski definition) is 2. The van der Waals surface area contributed by atoms with Gasteiger partial charge in [-0.25, -0.2) is 0 Å². The minimum atomic E-state index is -2.26. The van der Waals surface area contributed by atoms with Crippen molar-refractivity contribution in [2.45, 2.75) is 13.1 Å². The van der Waals surface area contributed by atoms with Gasteiger partial charge in [-0.3, -0.25) is 0 Å². The first-order valence-corrected chi connectivity index (χ1v) is 12.9. The molecular formula is C26H26N2Si. The Bertz CT molecular complexity index is 855. The maximum Gasteiger partial charge on any atom is 0.267 e. The van der Waals surface area contributed by atoms with Crippen molar-refractivity contribution < 1.29 is 0 Å². The molecule has 0 amide bonds. The van der Waals surface area contributed by atoms with Gasteiger partial charge in [0.15, 0.2) is 0 Å². The minimum absolute atomic E-state index is 1.22. The quantitative estimate of drug-likeness (QED) is 0.315. The number of hydrogen-bond donors (Lipinski definition) is 0. The molecule has 4 aromatic carbocycles. The molecule has 0 spiro atoms. The van der Waals surface area contributed by atoms with Gasteiger partial charge in [0.1, 0.15) is 0 Å². The Balaban J connectivity index is 1.91. The van der Waals surface area contributed by atoms with Crippen molar-refractivity contribution in [3.63, 3.8) is 0 Å². The van der Waals surface area contributed by atoms with Crippen molar-refractivity contribution in [3.05, 3.63) is 121 Å². The molecule has 0 N–H and O–H groups in total. The van der Waals surface area contributed by atoms with E-state index >= 15 is 0 Å². The van der Waals surface area contributed by atoms with E-state index in [2.05, 4.69) is 144 Å². The molecule has 29 heavy (non-hydrogen) atoms. The van der Waals surface area contributed by atoms with Crippen molar-refractivity contribution in [2.75, 3.05) is 9.13 Å². The molecule has 0 bridgehead atoms. The second-order valence-corrected chi connectivity index (χ2v) is 11.4. The van der Waals surface area contributed by atoms with Gasteiger partial charge in [0.05, 0.1) is 0 Å². The highest BCUT2D eigenvalue weighted by molar-refractivity contribution is 6.86. The largest absolute Gasteiger partial charge is 0.350 e. The Labute approximate surface area is 174 Å². The van der Waals surface area contributed by atoms with Crippen molar-refractivity contribution in [3.8, 4) is 0 Å². The number of benzene rings is 4. The molecular weight excluding hydrogens is 368 g/mol. The van der Waals surface area contributed by atoms with Crippen LogP contribution in [0.25, 0.3) is 0 Å². The average Bonchev–Trinajstić information content (AvgIpc) is 2.77. The zero-order valence-electron chi connectivity index (χ0n) is 16.9. The first-order valence-electron chi connectivity index (χ1n) is 9.98. The van der Waals surface area contributed by atoms with Gasteiger partial charge in [-0.1, -0.05) is 72.8 Å². The molecule has 144 valence electrons. The fourth-order valence-corrected chi connectivity index (χ4v) is 7.29. The maximum absolute atomic E-state index is 2.53. The van der Waals surface area contributed by atoms with Gasteiger partial charge < -0.3 is 9.13 Å². The summed E-state index contributed by atoms with van der Waals surface area (Å²) in [7, 11) is -2.26. The number of rotatable bonds is 6. The molecule has 0 fully saturated rings. The number of nitrogens with zero attached hydrogens (tertiary/aromatic N) is 2. The molecule has 0 heterocycles. The predicted octanol–water partition coefficient (Wildman–Crippen LogP) is 7.36. The van der Waals surface area contributed by atoms with Crippen LogP contribution in [0.15, 0.2) is 121 Å². The third-order valence-corrected chi connectivity index (χ3v) is 8.37. The third-order valence-electron chi connectivity index (χ3n) is 5.15. The standard InChI is InChI=1S/C26H26N2Si/c1-29(2,27(23-15-7-3-8-16-23)24-17-9-4-10-18-24)28(25-19-11-5-12-20-25)26-21-13-6-14-22-26/h3-22H,1-2H3. The maximum atomic E-state index is 2.53. The van der Waals surface area contributed by atoms with Crippen LogP contribution in [-0.2, 0) is 0 Å². The molecule has 4 aromatic rings. The highest BCUT2D eigenvalue weighted by Crippen LogP contribution is 2.39. The highest BCUT2D eigenvalue weighted by atomic mass is 28.3. The summed E-state index contributed by atoms with van der Waals surface area (Å²) in [6, 6.07) is 42.9. The van der Waals surface area contributed by atoms with Crippen LogP contribution in [0.1, 0.15) is 0 Å². The summed E-state index contributed by atoms with van der Waals surface area (Å²) < 4.78 is 5.07. The van der Waals surface area contributed by atoms with Crippen molar-refractivity contribution >= 4 is 31.1 Å². The van der Waals surface area contributed by atoms with Crippen LogP contribution in [0.5, 0.6) is 0 Å². The first kappa shape index (κ1) is 19.0. The summed E-state index contributed by atoms with van der Waals surface area (Å²) >= 11 is 0. The van der Waals surface area contributed by atoms with Gasteiger partial charge in [-0.15, -0.1) is 0 Å². The molecule has 0 saturated heterocycles. The second kappa shape index (κ2) is 8.37. The molecule has 2 nitrogen and oxygen atoms in total. The normalized spacial score (nSPS) is 11.1. The lowest BCUT2D eigenvalue weighted by Gasteiger charge is -2.47. The Hall–Kier alpha value is -3.30. The van der Waals surface area contributed by atoms with Crippen LogP contribution in [0.4, 0.5) is 22.7 Å². The zero-order chi connectivity index (χ0) is 20.1. The lowest BCUT2D eigenvalue weighted by molar-refractivity contribution is 1.22. The lowest BCUT2D eigenvalue weighted by Crippen LogP contribution is -2.58. The minimum Gasteiger partial charge on any atom is -0.350 e. The fraction of sp³-hybridized carbons (Fsp3) is 0.0769. The molecule has 0 aliphatic rings. The summed E-state index contributed by atoms with van der Waals surface area (Å²) in [5.74, 6) is 0. The number of anilines is 4. The van der Waals surface area contributed by atoms with Gasteiger partial charge in [0, 0.05) is 22.7 Å². The van der Waals surface area contributed by atoms with Gasteiger partial charge in [-0.05, 0) is 61.6 Å². The summed E-state index contributed by atoms with van der Waals surface area (Å²) in [6.07, 6.45) is 0. The smallest absolute Gasteiger partial charge is 0.267 e. The molecule has 0 aliphatic carbocycles. The highest BCUT2D eigenvalue weighted by Gasteiger charge is 2.39. The van der Waals surface area contributed by atoms with Crippen LogP contribution < -0.4 is 9.13 Å². The monoisotopic (exact) mass is 394 g/mol. The first-order chi connectivity index (χ1) is 14.2. The van der Waals surface area contributed by atoms with Gasteiger partial charge in [0.2, 0.25) is 0 Å². The molecule has 0 unspecified atom stereocenters. The second-order valence-electron chi connectivity index (χ2n) is 7.51. The van der Waals surface area contributed by atoms with Crippen molar-refractivity contribution in [1.29, 1.82) is 0 Å². The van der Waals surface area contributed by atoms with E-state index < -0.39 is 8.40 Å². The van der Waals surface area contributed by atoms with E-state index in [-0.39, 0.29) is 0 Å². The van der Waals surface area contributed by atoms with Crippen molar-refractivity contribution in [2.24, 2.45) is 0 Å². The van der Waals surface area contributed by atoms with E-state index in [1.807, 2.05) is 0 Å². The van der Waals surface area contributed by atoms with Crippen LogP contribution in [0.2, 0.25) is 13.1 Å². The van der Waals surface area contributed by atoms with E-state index in [1.54, 1.807) is 0 Å². The fourth-order valence-electron chi connectivity index (χ4n) is 3.97. The molecule has 0 aliphatic heterocycles. The summed E-state index contributed by atoms with van der Waals surface area (Å²) in [4.78, 5) is 0. The number of para-hydroxylation sites is 4. The topological polar surface area (TPSA) is 6.48 Å². The molecule has 3 heteroatoms. The lowest BCUT2D eigenvalue weighted by atomic mass is 10.2. The predicted molar refractivity (Wildman–Crippen MR) is 128 cm³/mol. The van der Waals surface area contributed by atoms with E-state index in [1.165, 1.54) is 22.7 Å². The molecule has 0 aromatic heterocycles. The molecule has 4 rings (SSSR count). The Morgan fingerprint density at radius 2 is 0.586 bits per heavy atom. The Morgan fingerprint density at radius 1 is 0.379 bits per heavy atom. The van der Waals surface area contributed by atoms with Crippen molar-refractivity contribution in [1.82, 2.24) is 0 Å². The van der Waals surface area contributed by atoms with Gasteiger partial charge >= 0.3 is 0 Å². The molecule has 0 atom stereocenters. The third kappa shape index (κ3) is 3.96. The van der Waals surface area contributed by atoms with E-state index in [0.29, 0.717) is 0 Å².